The number of piperazine rings is 1. The van der Waals surface area contributed by atoms with Crippen LogP contribution in [-0.4, -0.2) is 25.7 Å². The largest absolute Gasteiger partial charge is 0.416 e. The molecule has 0 radical (unpaired) electrons. The van der Waals surface area contributed by atoms with Crippen LogP contribution in [0, 0.1) is 11.7 Å². The molecule has 6 heteroatoms. The van der Waals surface area contributed by atoms with Crippen molar-refractivity contribution < 1.29 is 17.6 Å². The number of hydrogen-bond donors (Lipinski definition) is 1. The third-order valence-corrected chi connectivity index (χ3v) is 4.01. The first-order valence-electron chi connectivity index (χ1n) is 6.80. The molecule has 2 aliphatic rings. The summed E-state index contributed by atoms with van der Waals surface area (Å²) in [4.78, 5) is 1.73. The highest BCUT2D eigenvalue weighted by Crippen LogP contribution is 2.36. The summed E-state index contributed by atoms with van der Waals surface area (Å²) in [6.45, 7) is 1.78. The van der Waals surface area contributed by atoms with E-state index in [-0.39, 0.29) is 11.7 Å². The summed E-state index contributed by atoms with van der Waals surface area (Å²) in [7, 11) is 0. The third-order valence-electron chi connectivity index (χ3n) is 4.01. The Kier molecular flexibility index (Phi) is 3.36. The molecule has 1 saturated carbocycles. The molecule has 1 aliphatic heterocycles. The third kappa shape index (κ3) is 2.75. The van der Waals surface area contributed by atoms with E-state index in [1.807, 2.05) is 0 Å². The molecule has 1 unspecified atom stereocenters. The van der Waals surface area contributed by atoms with Gasteiger partial charge in [-0.1, -0.05) is 0 Å². The van der Waals surface area contributed by atoms with E-state index in [4.69, 9.17) is 0 Å². The highest BCUT2D eigenvalue weighted by molar-refractivity contribution is 5.51. The van der Waals surface area contributed by atoms with Crippen LogP contribution < -0.4 is 10.2 Å². The molecule has 3 rings (SSSR count). The predicted molar refractivity (Wildman–Crippen MR) is 68.1 cm³/mol. The Balaban J connectivity index is 1.84. The van der Waals surface area contributed by atoms with Crippen molar-refractivity contribution in [1.82, 2.24) is 5.32 Å². The molecular weight excluding hydrogens is 272 g/mol. The molecule has 1 saturated heterocycles. The molecule has 2 nitrogen and oxygen atoms in total. The second-order valence-electron chi connectivity index (χ2n) is 5.51. The number of alkyl halides is 3. The van der Waals surface area contributed by atoms with Crippen molar-refractivity contribution in [2.45, 2.75) is 25.1 Å². The van der Waals surface area contributed by atoms with E-state index in [1.165, 1.54) is 0 Å². The smallest absolute Gasteiger partial charge is 0.366 e. The first-order chi connectivity index (χ1) is 9.45. The van der Waals surface area contributed by atoms with Gasteiger partial charge >= 0.3 is 6.18 Å². The minimum absolute atomic E-state index is 0.0620. The molecule has 20 heavy (non-hydrogen) atoms. The van der Waals surface area contributed by atoms with Crippen molar-refractivity contribution in [3.8, 4) is 0 Å². The molecule has 110 valence electrons. The van der Waals surface area contributed by atoms with E-state index in [1.54, 1.807) is 4.90 Å². The van der Waals surface area contributed by atoms with E-state index in [0.717, 1.165) is 31.0 Å². The average molecular weight is 288 g/mol. The van der Waals surface area contributed by atoms with Gasteiger partial charge in [0.2, 0.25) is 0 Å². The summed E-state index contributed by atoms with van der Waals surface area (Å²) in [6, 6.07) is 2.88. The van der Waals surface area contributed by atoms with Crippen LogP contribution in [0.2, 0.25) is 0 Å². The summed E-state index contributed by atoms with van der Waals surface area (Å²) in [5.41, 5.74) is -0.734. The molecule has 0 aromatic heterocycles. The summed E-state index contributed by atoms with van der Waals surface area (Å²) in [5.74, 6) is 0.00102. The van der Waals surface area contributed by atoms with Crippen molar-refractivity contribution in [3.63, 3.8) is 0 Å². The van der Waals surface area contributed by atoms with Gasteiger partial charge in [0.15, 0.2) is 0 Å². The van der Waals surface area contributed by atoms with Gasteiger partial charge in [0.25, 0.3) is 0 Å². The Morgan fingerprint density at radius 3 is 2.60 bits per heavy atom. The van der Waals surface area contributed by atoms with Gasteiger partial charge < -0.3 is 10.2 Å². The fraction of sp³-hybridized carbons (Fsp3) is 0.571. The van der Waals surface area contributed by atoms with Gasteiger partial charge in [-0.2, -0.15) is 13.2 Å². The Morgan fingerprint density at radius 1 is 1.20 bits per heavy atom. The Bertz CT molecular complexity index is 496. The lowest BCUT2D eigenvalue weighted by molar-refractivity contribution is -0.137. The van der Waals surface area contributed by atoms with Crippen LogP contribution in [0.1, 0.15) is 18.4 Å². The molecule has 1 aliphatic carbocycles. The van der Waals surface area contributed by atoms with E-state index in [0.29, 0.717) is 25.6 Å². The summed E-state index contributed by atoms with van der Waals surface area (Å²) >= 11 is 0. The fourth-order valence-electron chi connectivity index (χ4n) is 2.74. The number of hydrogen-bond acceptors (Lipinski definition) is 2. The van der Waals surface area contributed by atoms with Crippen LogP contribution in [-0.2, 0) is 6.18 Å². The van der Waals surface area contributed by atoms with Crippen molar-refractivity contribution >= 4 is 5.69 Å². The number of nitrogens with one attached hydrogen (secondary N) is 1. The second kappa shape index (κ2) is 4.91. The molecule has 1 aromatic carbocycles. The van der Waals surface area contributed by atoms with Gasteiger partial charge in [-0.05, 0) is 37.0 Å². The predicted octanol–water partition coefficient (Wildman–Crippen LogP) is 3.03. The van der Waals surface area contributed by atoms with Gasteiger partial charge in [0.1, 0.15) is 5.82 Å². The molecule has 1 heterocycles. The molecule has 0 spiro atoms. The molecule has 2 fully saturated rings. The maximum Gasteiger partial charge on any atom is 0.416 e. The number of rotatable bonds is 2. The number of halogens is 4. The van der Waals surface area contributed by atoms with Gasteiger partial charge in [0, 0.05) is 25.7 Å². The van der Waals surface area contributed by atoms with Gasteiger partial charge in [-0.25, -0.2) is 4.39 Å². The van der Waals surface area contributed by atoms with E-state index in [9.17, 15) is 17.6 Å². The summed E-state index contributed by atoms with van der Waals surface area (Å²) in [5, 5.41) is 3.36. The molecular formula is C14H16F4N2. The number of anilines is 1. The zero-order valence-corrected chi connectivity index (χ0v) is 10.9. The maximum atomic E-state index is 13.9. The first kappa shape index (κ1) is 13.7. The quantitative estimate of drug-likeness (QED) is 0.842. The van der Waals surface area contributed by atoms with Gasteiger partial charge in [-0.3, -0.25) is 0 Å². The highest BCUT2D eigenvalue weighted by atomic mass is 19.4. The molecule has 1 atom stereocenters. The topological polar surface area (TPSA) is 15.3 Å². The monoisotopic (exact) mass is 288 g/mol. The van der Waals surface area contributed by atoms with Crippen LogP contribution in [0.3, 0.4) is 0 Å². The zero-order chi connectivity index (χ0) is 14.3. The lowest BCUT2D eigenvalue weighted by Crippen LogP contribution is -2.52. The molecule has 1 N–H and O–H groups in total. The SMILES string of the molecule is Fc1ccc(C(F)(F)F)cc1N1CCNC(C2CC2)C1. The molecule has 0 bridgehead atoms. The van der Waals surface area contributed by atoms with Crippen molar-refractivity contribution in [3.05, 3.63) is 29.6 Å². The normalized spacial score (nSPS) is 24.0. The Labute approximate surface area is 114 Å². The van der Waals surface area contributed by atoms with E-state index in [2.05, 4.69) is 5.32 Å². The standard InChI is InChI=1S/C14H16F4N2/c15-11-4-3-10(14(16,17)18)7-13(11)20-6-5-19-12(8-20)9-1-2-9/h3-4,7,9,12,19H,1-2,5-6,8H2. The zero-order valence-electron chi connectivity index (χ0n) is 10.9. The van der Waals surface area contributed by atoms with E-state index >= 15 is 0 Å². The van der Waals surface area contributed by atoms with Gasteiger partial charge in [-0.15, -0.1) is 0 Å². The first-order valence-corrected chi connectivity index (χ1v) is 6.80. The van der Waals surface area contributed by atoms with Crippen LogP contribution in [0.4, 0.5) is 23.2 Å². The second-order valence-corrected chi connectivity index (χ2v) is 5.51. The highest BCUT2D eigenvalue weighted by Gasteiger charge is 2.36. The Hall–Kier alpha value is -1.30. The molecule has 1 aromatic rings. The van der Waals surface area contributed by atoms with Crippen LogP contribution in [0.15, 0.2) is 18.2 Å². The maximum absolute atomic E-state index is 13.9. The van der Waals surface area contributed by atoms with Crippen LogP contribution in [0.25, 0.3) is 0 Å². The van der Waals surface area contributed by atoms with Crippen molar-refractivity contribution in [2.24, 2.45) is 5.92 Å². The van der Waals surface area contributed by atoms with E-state index < -0.39 is 17.6 Å². The van der Waals surface area contributed by atoms with Crippen molar-refractivity contribution in [1.29, 1.82) is 0 Å². The Morgan fingerprint density at radius 2 is 1.95 bits per heavy atom. The number of benzene rings is 1. The summed E-state index contributed by atoms with van der Waals surface area (Å²) in [6.07, 6.45) is -2.14. The van der Waals surface area contributed by atoms with Crippen molar-refractivity contribution in [2.75, 3.05) is 24.5 Å². The van der Waals surface area contributed by atoms with Crippen LogP contribution in [0.5, 0.6) is 0 Å². The lowest BCUT2D eigenvalue weighted by atomic mass is 10.1. The minimum Gasteiger partial charge on any atom is -0.366 e. The van der Waals surface area contributed by atoms with Crippen LogP contribution >= 0.6 is 0 Å². The molecule has 0 amide bonds. The average Bonchev–Trinajstić information content (AvgIpc) is 3.22. The van der Waals surface area contributed by atoms with Gasteiger partial charge in [0.05, 0.1) is 11.3 Å². The number of nitrogens with zero attached hydrogens (tertiary/aromatic N) is 1. The fourth-order valence-corrected chi connectivity index (χ4v) is 2.74. The minimum atomic E-state index is -4.44. The summed E-state index contributed by atoms with van der Waals surface area (Å²) < 4.78 is 52.0. The lowest BCUT2D eigenvalue weighted by Gasteiger charge is -2.35.